The van der Waals surface area contributed by atoms with Gasteiger partial charge in [-0.2, -0.15) is 0 Å². The van der Waals surface area contributed by atoms with Gasteiger partial charge in [-0.05, 0) is 43.0 Å². The first-order chi connectivity index (χ1) is 14.0. The first-order valence-electron chi connectivity index (χ1n) is 10.1. The van der Waals surface area contributed by atoms with Gasteiger partial charge in [0.2, 0.25) is 5.91 Å². The number of anilines is 1. The van der Waals surface area contributed by atoms with E-state index in [9.17, 15) is 9.59 Å². The van der Waals surface area contributed by atoms with Crippen LogP contribution in [0, 0.1) is 0 Å². The van der Waals surface area contributed by atoms with Crippen molar-refractivity contribution in [1.29, 1.82) is 0 Å². The zero-order valence-electron chi connectivity index (χ0n) is 16.5. The molecule has 1 aromatic heterocycles. The number of pyridine rings is 1. The van der Waals surface area contributed by atoms with Crippen LogP contribution in [0.4, 0.5) is 5.82 Å². The lowest BCUT2D eigenvalue weighted by molar-refractivity contribution is -0.141. The number of carbonyl (C=O) groups excluding carboxylic acids is 2. The zero-order chi connectivity index (χ0) is 20.5. The minimum Gasteiger partial charge on any atom is -0.382 e. The summed E-state index contributed by atoms with van der Waals surface area (Å²) in [6, 6.07) is 9.10. The number of nitrogens with zero attached hydrogens (tertiary/aromatic N) is 3. The molecule has 2 N–H and O–H groups in total. The van der Waals surface area contributed by atoms with Crippen molar-refractivity contribution in [3.8, 4) is 11.1 Å². The average Bonchev–Trinajstić information content (AvgIpc) is 3.56. The fourth-order valence-electron chi connectivity index (χ4n) is 3.95. The molecule has 1 aliphatic heterocycles. The molecule has 1 saturated carbocycles. The second-order valence-corrected chi connectivity index (χ2v) is 8.14. The Hall–Kier alpha value is -2.60. The Morgan fingerprint density at radius 3 is 2.72 bits per heavy atom. The quantitative estimate of drug-likeness (QED) is 0.813. The largest absolute Gasteiger partial charge is 0.382 e. The Morgan fingerprint density at radius 1 is 1.24 bits per heavy atom. The van der Waals surface area contributed by atoms with Gasteiger partial charge in [0.15, 0.2) is 0 Å². The van der Waals surface area contributed by atoms with Gasteiger partial charge in [0, 0.05) is 36.5 Å². The van der Waals surface area contributed by atoms with Crippen LogP contribution in [0.25, 0.3) is 11.1 Å². The van der Waals surface area contributed by atoms with Gasteiger partial charge >= 0.3 is 0 Å². The molecule has 1 saturated heterocycles. The molecule has 1 unspecified atom stereocenters. The number of aromatic nitrogens is 1. The summed E-state index contributed by atoms with van der Waals surface area (Å²) in [5.74, 6) is 0.264. The van der Waals surface area contributed by atoms with Crippen LogP contribution in [-0.4, -0.2) is 51.8 Å². The highest BCUT2D eigenvalue weighted by atomic mass is 35.5. The van der Waals surface area contributed by atoms with E-state index in [1.807, 2.05) is 30.0 Å². The number of hydrogen-bond donors (Lipinski definition) is 1. The standard InChI is InChI=1S/C22H25ClN4O2/c1-2-4-19-22(29)26(17-7-8-17)9-10-27(19)21(28)15-6-3-5-14(11-15)16-12-18(23)20(24)25-13-16/h3,5-6,11-13,17,19H,2,4,7-10H2,1H3,(H2,24,25). The SMILES string of the molecule is CCCC1C(=O)N(C2CC2)CCN1C(=O)c1cccc(-c2cnc(N)c(Cl)c2)c1. The monoisotopic (exact) mass is 412 g/mol. The fraction of sp³-hybridized carbons (Fsp3) is 0.409. The van der Waals surface area contributed by atoms with E-state index in [2.05, 4.69) is 4.98 Å². The summed E-state index contributed by atoms with van der Waals surface area (Å²) >= 11 is 6.10. The van der Waals surface area contributed by atoms with Crippen LogP contribution in [0.2, 0.25) is 5.02 Å². The summed E-state index contributed by atoms with van der Waals surface area (Å²) < 4.78 is 0. The number of piperazine rings is 1. The molecule has 6 nitrogen and oxygen atoms in total. The predicted molar refractivity (Wildman–Crippen MR) is 114 cm³/mol. The molecule has 2 heterocycles. The fourth-order valence-corrected chi connectivity index (χ4v) is 4.12. The second-order valence-electron chi connectivity index (χ2n) is 7.74. The molecule has 0 radical (unpaired) electrons. The maximum absolute atomic E-state index is 13.3. The van der Waals surface area contributed by atoms with Crippen molar-refractivity contribution in [2.75, 3.05) is 18.8 Å². The third kappa shape index (κ3) is 3.94. The van der Waals surface area contributed by atoms with E-state index in [0.717, 1.165) is 30.4 Å². The minimum absolute atomic E-state index is 0.0969. The molecule has 152 valence electrons. The van der Waals surface area contributed by atoms with Gasteiger partial charge in [0.25, 0.3) is 5.91 Å². The summed E-state index contributed by atoms with van der Waals surface area (Å²) in [5.41, 5.74) is 7.88. The van der Waals surface area contributed by atoms with E-state index >= 15 is 0 Å². The molecule has 0 spiro atoms. The second kappa shape index (κ2) is 8.03. The molecule has 2 amide bonds. The maximum Gasteiger partial charge on any atom is 0.254 e. The molecule has 2 aliphatic rings. The highest BCUT2D eigenvalue weighted by molar-refractivity contribution is 6.33. The Kier molecular flexibility index (Phi) is 5.46. The summed E-state index contributed by atoms with van der Waals surface area (Å²) in [4.78, 5) is 34.1. The lowest BCUT2D eigenvalue weighted by Gasteiger charge is -2.41. The van der Waals surface area contributed by atoms with Crippen molar-refractivity contribution in [3.05, 3.63) is 47.1 Å². The van der Waals surface area contributed by atoms with Gasteiger partial charge in [-0.1, -0.05) is 37.1 Å². The Bertz CT molecular complexity index is 944. The van der Waals surface area contributed by atoms with Gasteiger partial charge in [-0.25, -0.2) is 4.98 Å². The van der Waals surface area contributed by atoms with Crippen LogP contribution < -0.4 is 5.73 Å². The molecule has 4 rings (SSSR count). The van der Waals surface area contributed by atoms with E-state index < -0.39 is 0 Å². The average molecular weight is 413 g/mol. The molecule has 1 atom stereocenters. The van der Waals surface area contributed by atoms with Crippen molar-refractivity contribution >= 4 is 29.2 Å². The lowest BCUT2D eigenvalue weighted by atomic mass is 10.0. The summed E-state index contributed by atoms with van der Waals surface area (Å²) in [6.07, 6.45) is 5.35. The van der Waals surface area contributed by atoms with Crippen LogP contribution in [0.1, 0.15) is 43.0 Å². The molecule has 2 fully saturated rings. The number of benzene rings is 1. The lowest BCUT2D eigenvalue weighted by Crippen LogP contribution is -2.59. The van der Waals surface area contributed by atoms with Crippen molar-refractivity contribution < 1.29 is 9.59 Å². The van der Waals surface area contributed by atoms with Gasteiger partial charge in [-0.15, -0.1) is 0 Å². The number of rotatable bonds is 5. The first kappa shape index (κ1) is 19.7. The summed E-state index contributed by atoms with van der Waals surface area (Å²) in [7, 11) is 0. The maximum atomic E-state index is 13.3. The van der Waals surface area contributed by atoms with Crippen molar-refractivity contribution in [2.45, 2.75) is 44.7 Å². The van der Waals surface area contributed by atoms with Crippen LogP contribution in [0.15, 0.2) is 36.5 Å². The van der Waals surface area contributed by atoms with E-state index in [1.165, 1.54) is 0 Å². The van der Waals surface area contributed by atoms with Crippen LogP contribution in [0.5, 0.6) is 0 Å². The Balaban J connectivity index is 1.59. The van der Waals surface area contributed by atoms with Crippen molar-refractivity contribution in [2.24, 2.45) is 0 Å². The molecule has 2 aromatic rings. The molecule has 1 aromatic carbocycles. The number of nitrogens with two attached hydrogens (primary N) is 1. The van der Waals surface area contributed by atoms with Crippen LogP contribution in [0.3, 0.4) is 0 Å². The molecule has 29 heavy (non-hydrogen) atoms. The van der Waals surface area contributed by atoms with E-state index in [1.54, 1.807) is 23.2 Å². The van der Waals surface area contributed by atoms with E-state index in [0.29, 0.717) is 36.1 Å². The van der Waals surface area contributed by atoms with Gasteiger partial charge in [-0.3, -0.25) is 9.59 Å². The highest BCUT2D eigenvalue weighted by Crippen LogP contribution is 2.31. The normalized spacial score (nSPS) is 19.5. The Labute approximate surface area is 175 Å². The number of hydrogen-bond acceptors (Lipinski definition) is 4. The minimum atomic E-state index is -0.377. The van der Waals surface area contributed by atoms with Crippen molar-refractivity contribution in [1.82, 2.24) is 14.8 Å². The van der Waals surface area contributed by atoms with Gasteiger partial charge in [0.05, 0.1) is 5.02 Å². The van der Waals surface area contributed by atoms with Crippen molar-refractivity contribution in [3.63, 3.8) is 0 Å². The molecule has 7 heteroatoms. The molecular formula is C22H25ClN4O2. The van der Waals surface area contributed by atoms with E-state index in [-0.39, 0.29) is 23.7 Å². The summed E-state index contributed by atoms with van der Waals surface area (Å²) in [5, 5.41) is 0.379. The zero-order valence-corrected chi connectivity index (χ0v) is 17.2. The van der Waals surface area contributed by atoms with Crippen LogP contribution >= 0.6 is 11.6 Å². The topological polar surface area (TPSA) is 79.5 Å². The molecule has 0 bridgehead atoms. The van der Waals surface area contributed by atoms with Gasteiger partial charge < -0.3 is 15.5 Å². The highest BCUT2D eigenvalue weighted by Gasteiger charge is 2.42. The smallest absolute Gasteiger partial charge is 0.254 e. The first-order valence-corrected chi connectivity index (χ1v) is 10.5. The third-order valence-corrected chi connectivity index (χ3v) is 5.95. The number of amides is 2. The summed E-state index contributed by atoms with van der Waals surface area (Å²) in [6.45, 7) is 3.24. The molecular weight excluding hydrogens is 388 g/mol. The predicted octanol–water partition coefficient (Wildman–Crippen LogP) is 3.60. The van der Waals surface area contributed by atoms with Crippen LogP contribution in [-0.2, 0) is 4.79 Å². The van der Waals surface area contributed by atoms with Gasteiger partial charge in [0.1, 0.15) is 11.9 Å². The number of halogens is 1. The third-order valence-electron chi connectivity index (χ3n) is 5.65. The number of carbonyl (C=O) groups is 2. The Morgan fingerprint density at radius 2 is 2.03 bits per heavy atom. The molecule has 1 aliphatic carbocycles. The van der Waals surface area contributed by atoms with E-state index in [4.69, 9.17) is 17.3 Å². The number of nitrogen functional groups attached to an aromatic ring is 1.